The minimum absolute atomic E-state index is 0.102. The van der Waals surface area contributed by atoms with Gasteiger partial charge in [0, 0.05) is 10.3 Å². The Bertz CT molecular complexity index is 171. The van der Waals surface area contributed by atoms with Crippen LogP contribution in [0.5, 0.6) is 0 Å². The van der Waals surface area contributed by atoms with Gasteiger partial charge >= 0.3 is 0 Å². The number of rotatable bonds is 1. The van der Waals surface area contributed by atoms with Gasteiger partial charge in [-0.3, -0.25) is 0 Å². The lowest BCUT2D eigenvalue weighted by Gasteiger charge is -1.79. The molecule has 0 fully saturated rings. The van der Waals surface area contributed by atoms with Crippen LogP contribution in [0, 0.1) is 5.13 Å². The van der Waals surface area contributed by atoms with Crippen LogP contribution >= 0.6 is 23.1 Å². The van der Waals surface area contributed by atoms with Crippen LogP contribution in [0.4, 0.5) is 4.39 Å². The summed E-state index contributed by atoms with van der Waals surface area (Å²) in [5.74, 6) is 0. The summed E-state index contributed by atoms with van der Waals surface area (Å²) in [6, 6.07) is 1.54. The summed E-state index contributed by atoms with van der Waals surface area (Å²) in [7, 11) is 0. The van der Waals surface area contributed by atoms with Gasteiger partial charge in [0.25, 0.3) is 0 Å². The lowest BCUT2D eigenvalue weighted by atomic mass is 10.7. The van der Waals surface area contributed by atoms with Crippen LogP contribution < -0.4 is 0 Å². The van der Waals surface area contributed by atoms with Gasteiger partial charge in [-0.25, -0.2) is 0 Å². The largest absolute Gasteiger partial charge is 0.195 e. The third kappa shape index (κ3) is 1.23. The Balaban J connectivity index is 2.84. The van der Waals surface area contributed by atoms with Crippen molar-refractivity contribution in [2.75, 3.05) is 6.26 Å². The highest BCUT2D eigenvalue weighted by Gasteiger charge is 1.93. The molecule has 1 aromatic rings. The van der Waals surface area contributed by atoms with Crippen LogP contribution in [0.2, 0.25) is 0 Å². The van der Waals surface area contributed by atoms with E-state index in [-0.39, 0.29) is 5.13 Å². The zero-order valence-corrected chi connectivity index (χ0v) is 5.98. The summed E-state index contributed by atoms with van der Waals surface area (Å²) in [6.45, 7) is 0. The van der Waals surface area contributed by atoms with E-state index in [1.807, 2.05) is 6.26 Å². The lowest BCUT2D eigenvalue weighted by Crippen LogP contribution is -1.54. The molecule has 0 nitrogen and oxygen atoms in total. The van der Waals surface area contributed by atoms with E-state index in [1.165, 1.54) is 6.07 Å². The van der Waals surface area contributed by atoms with Crippen molar-refractivity contribution in [1.82, 2.24) is 0 Å². The van der Waals surface area contributed by atoms with E-state index in [4.69, 9.17) is 0 Å². The monoisotopic (exact) mass is 148 g/mol. The summed E-state index contributed by atoms with van der Waals surface area (Å²) < 4.78 is 12.1. The molecule has 0 bridgehead atoms. The molecule has 0 aliphatic carbocycles. The number of halogens is 1. The zero-order valence-electron chi connectivity index (χ0n) is 4.35. The van der Waals surface area contributed by atoms with Crippen molar-refractivity contribution in [2.45, 2.75) is 4.90 Å². The minimum atomic E-state index is -0.102. The maximum atomic E-state index is 12.1. The van der Waals surface area contributed by atoms with E-state index in [2.05, 4.69) is 0 Å². The number of hydrogen-bond donors (Lipinski definition) is 0. The highest BCUT2D eigenvalue weighted by molar-refractivity contribution is 7.98. The van der Waals surface area contributed by atoms with Gasteiger partial charge in [-0.05, 0) is 12.3 Å². The van der Waals surface area contributed by atoms with Crippen molar-refractivity contribution >= 4 is 23.1 Å². The van der Waals surface area contributed by atoms with E-state index < -0.39 is 0 Å². The SMILES string of the molecule is CSc1csc(F)c1. The molecule has 44 valence electrons. The fraction of sp³-hybridized carbons (Fsp3) is 0.200. The Morgan fingerprint density at radius 2 is 2.50 bits per heavy atom. The van der Waals surface area contributed by atoms with Crippen LogP contribution in [0.3, 0.4) is 0 Å². The molecule has 0 unspecified atom stereocenters. The standard InChI is InChI=1S/C5H5FS2/c1-7-4-2-5(6)8-3-4/h2-3H,1H3. The molecule has 0 N–H and O–H groups in total. The smallest absolute Gasteiger partial charge is 0.177 e. The second-order valence-electron chi connectivity index (χ2n) is 1.29. The highest BCUT2D eigenvalue weighted by Crippen LogP contribution is 2.20. The van der Waals surface area contributed by atoms with Gasteiger partial charge in [-0.2, -0.15) is 4.39 Å². The summed E-state index contributed by atoms with van der Waals surface area (Å²) >= 11 is 2.70. The van der Waals surface area contributed by atoms with E-state index in [1.54, 1.807) is 17.1 Å². The van der Waals surface area contributed by atoms with E-state index in [0.717, 1.165) is 16.2 Å². The van der Waals surface area contributed by atoms with Crippen molar-refractivity contribution < 1.29 is 4.39 Å². The molecule has 0 saturated carbocycles. The average Bonchev–Trinajstić information content (AvgIpc) is 2.14. The van der Waals surface area contributed by atoms with E-state index in [0.29, 0.717) is 0 Å². The first-order valence-electron chi connectivity index (χ1n) is 2.11. The second-order valence-corrected chi connectivity index (χ2v) is 3.03. The lowest BCUT2D eigenvalue weighted by molar-refractivity contribution is 0.655. The van der Waals surface area contributed by atoms with Gasteiger partial charge in [0.1, 0.15) is 0 Å². The normalized spacial score (nSPS) is 9.75. The van der Waals surface area contributed by atoms with Crippen molar-refractivity contribution in [2.24, 2.45) is 0 Å². The summed E-state index contributed by atoms with van der Waals surface area (Å²) in [5, 5.41) is 1.70. The molecule has 8 heavy (non-hydrogen) atoms. The van der Waals surface area contributed by atoms with Gasteiger partial charge in [-0.15, -0.1) is 23.1 Å². The van der Waals surface area contributed by atoms with E-state index >= 15 is 0 Å². The quantitative estimate of drug-likeness (QED) is 0.552. The van der Waals surface area contributed by atoms with Crippen molar-refractivity contribution in [3.8, 4) is 0 Å². The molecule has 1 heterocycles. The second kappa shape index (κ2) is 2.51. The topological polar surface area (TPSA) is 0 Å². The summed E-state index contributed by atoms with van der Waals surface area (Å²) in [6.07, 6.45) is 1.93. The van der Waals surface area contributed by atoms with Crippen molar-refractivity contribution in [1.29, 1.82) is 0 Å². The minimum Gasteiger partial charge on any atom is -0.195 e. The zero-order chi connectivity index (χ0) is 5.98. The van der Waals surface area contributed by atoms with E-state index in [9.17, 15) is 4.39 Å². The molecule has 0 saturated heterocycles. The predicted octanol–water partition coefficient (Wildman–Crippen LogP) is 2.61. The first-order valence-corrected chi connectivity index (χ1v) is 4.21. The van der Waals surface area contributed by atoms with Gasteiger partial charge in [0.15, 0.2) is 5.13 Å². The molecule has 0 spiro atoms. The predicted molar refractivity (Wildman–Crippen MR) is 36.1 cm³/mol. The Kier molecular flexibility index (Phi) is 1.91. The first kappa shape index (κ1) is 6.11. The number of thioether (sulfide) groups is 1. The molecule has 0 aliphatic rings. The Hall–Kier alpha value is -0.0200. The van der Waals surface area contributed by atoms with Gasteiger partial charge in [0.05, 0.1) is 0 Å². The fourth-order valence-corrected chi connectivity index (χ4v) is 1.72. The third-order valence-corrected chi connectivity index (χ3v) is 2.35. The van der Waals surface area contributed by atoms with Crippen LogP contribution in [0.15, 0.2) is 16.3 Å². The summed E-state index contributed by atoms with van der Waals surface area (Å²) in [5.41, 5.74) is 0. The number of hydrogen-bond acceptors (Lipinski definition) is 2. The fourth-order valence-electron chi connectivity index (χ4n) is 0.401. The van der Waals surface area contributed by atoms with Gasteiger partial charge < -0.3 is 0 Å². The maximum Gasteiger partial charge on any atom is 0.177 e. The van der Waals surface area contributed by atoms with Crippen LogP contribution in [0.1, 0.15) is 0 Å². The van der Waals surface area contributed by atoms with Crippen molar-refractivity contribution in [3.05, 3.63) is 16.6 Å². The Morgan fingerprint density at radius 1 is 1.75 bits per heavy atom. The van der Waals surface area contributed by atoms with Crippen LogP contribution in [-0.4, -0.2) is 6.26 Å². The van der Waals surface area contributed by atoms with Gasteiger partial charge in [-0.1, -0.05) is 0 Å². The average molecular weight is 148 g/mol. The maximum absolute atomic E-state index is 12.1. The summed E-state index contributed by atoms with van der Waals surface area (Å²) in [4.78, 5) is 1.01. The molecule has 1 rings (SSSR count). The van der Waals surface area contributed by atoms with Gasteiger partial charge in [0.2, 0.25) is 0 Å². The molecule has 0 radical (unpaired) electrons. The third-order valence-electron chi connectivity index (χ3n) is 0.779. The molecule has 0 aromatic carbocycles. The molecular formula is C5H5FS2. The highest BCUT2D eigenvalue weighted by atomic mass is 32.2. The van der Waals surface area contributed by atoms with Crippen LogP contribution in [-0.2, 0) is 0 Å². The first-order chi connectivity index (χ1) is 3.83. The number of thiophene rings is 1. The molecule has 1 aromatic heterocycles. The Labute approximate surface area is 55.7 Å². The molecule has 3 heteroatoms. The molecular weight excluding hydrogens is 143 g/mol. The molecule has 0 amide bonds. The van der Waals surface area contributed by atoms with Crippen molar-refractivity contribution in [3.63, 3.8) is 0 Å². The van der Waals surface area contributed by atoms with Crippen LogP contribution in [0.25, 0.3) is 0 Å². The molecule has 0 atom stereocenters. The molecule has 0 aliphatic heterocycles. The Morgan fingerprint density at radius 3 is 2.75 bits per heavy atom.